The summed E-state index contributed by atoms with van der Waals surface area (Å²) in [4.78, 5) is 12.0. The van der Waals surface area contributed by atoms with Gasteiger partial charge in [0, 0.05) is 5.02 Å². The van der Waals surface area contributed by atoms with Crippen LogP contribution in [0.3, 0.4) is 0 Å². The second kappa shape index (κ2) is 8.46. The predicted octanol–water partition coefficient (Wildman–Crippen LogP) is 4.58. The van der Waals surface area contributed by atoms with Gasteiger partial charge < -0.3 is 14.8 Å². The highest BCUT2D eigenvalue weighted by Gasteiger charge is 2.09. The number of rotatable bonds is 7. The zero-order valence-electron chi connectivity index (χ0n) is 12.2. The van der Waals surface area contributed by atoms with E-state index in [2.05, 4.69) is 11.9 Å². The standard InChI is InChI=1S/C17H15Cl2NO3/c1-2-9-22-16-6-4-3-5-14(16)20-17(21)11-23-15-8-7-12(18)10-13(15)19/h2-8,10H,1,9,11H2,(H,20,21). The molecule has 0 fully saturated rings. The monoisotopic (exact) mass is 351 g/mol. The molecule has 0 saturated heterocycles. The minimum absolute atomic E-state index is 0.183. The Morgan fingerprint density at radius 3 is 2.65 bits per heavy atom. The molecule has 0 aliphatic carbocycles. The van der Waals surface area contributed by atoms with Crippen molar-refractivity contribution >= 4 is 34.8 Å². The molecule has 120 valence electrons. The van der Waals surface area contributed by atoms with Crippen molar-refractivity contribution in [2.24, 2.45) is 0 Å². The SMILES string of the molecule is C=CCOc1ccccc1NC(=O)COc1ccc(Cl)cc1Cl. The smallest absolute Gasteiger partial charge is 0.262 e. The van der Waals surface area contributed by atoms with Crippen molar-refractivity contribution in [3.05, 3.63) is 65.2 Å². The van der Waals surface area contributed by atoms with Crippen LogP contribution in [0.25, 0.3) is 0 Å². The van der Waals surface area contributed by atoms with Crippen LogP contribution in [0.5, 0.6) is 11.5 Å². The summed E-state index contributed by atoms with van der Waals surface area (Å²) in [5.41, 5.74) is 0.560. The molecule has 0 bridgehead atoms. The molecular weight excluding hydrogens is 337 g/mol. The van der Waals surface area contributed by atoms with Gasteiger partial charge in [0.15, 0.2) is 6.61 Å². The van der Waals surface area contributed by atoms with Crippen molar-refractivity contribution in [3.8, 4) is 11.5 Å². The van der Waals surface area contributed by atoms with E-state index in [1.54, 1.807) is 42.5 Å². The largest absolute Gasteiger partial charge is 0.487 e. The lowest BCUT2D eigenvalue weighted by atomic mass is 10.3. The fraction of sp³-hybridized carbons (Fsp3) is 0.118. The fourth-order valence-electron chi connectivity index (χ4n) is 1.77. The molecule has 4 nitrogen and oxygen atoms in total. The molecule has 0 spiro atoms. The van der Waals surface area contributed by atoms with Crippen molar-refractivity contribution in [2.75, 3.05) is 18.5 Å². The number of hydrogen-bond donors (Lipinski definition) is 1. The van der Waals surface area contributed by atoms with E-state index in [9.17, 15) is 4.79 Å². The van der Waals surface area contributed by atoms with Crippen LogP contribution < -0.4 is 14.8 Å². The fourth-order valence-corrected chi connectivity index (χ4v) is 2.23. The number of anilines is 1. The number of para-hydroxylation sites is 2. The maximum Gasteiger partial charge on any atom is 0.262 e. The van der Waals surface area contributed by atoms with Crippen LogP contribution in [-0.2, 0) is 4.79 Å². The van der Waals surface area contributed by atoms with E-state index < -0.39 is 0 Å². The Morgan fingerprint density at radius 2 is 1.91 bits per heavy atom. The van der Waals surface area contributed by atoms with Gasteiger partial charge in [-0.3, -0.25) is 4.79 Å². The number of benzene rings is 2. The summed E-state index contributed by atoms with van der Waals surface area (Å²) in [6, 6.07) is 11.9. The van der Waals surface area contributed by atoms with E-state index in [-0.39, 0.29) is 12.5 Å². The lowest BCUT2D eigenvalue weighted by molar-refractivity contribution is -0.118. The number of ether oxygens (including phenoxy) is 2. The zero-order valence-corrected chi connectivity index (χ0v) is 13.7. The first kappa shape index (κ1) is 17.2. The maximum absolute atomic E-state index is 12.0. The van der Waals surface area contributed by atoms with Gasteiger partial charge >= 0.3 is 0 Å². The predicted molar refractivity (Wildman–Crippen MR) is 92.7 cm³/mol. The average molecular weight is 352 g/mol. The van der Waals surface area contributed by atoms with E-state index in [1.807, 2.05) is 6.07 Å². The molecule has 0 aliphatic heterocycles. The molecular formula is C17H15Cl2NO3. The molecule has 2 aromatic rings. The zero-order chi connectivity index (χ0) is 16.7. The molecule has 0 aromatic heterocycles. The minimum Gasteiger partial charge on any atom is -0.487 e. The molecule has 6 heteroatoms. The maximum atomic E-state index is 12.0. The van der Waals surface area contributed by atoms with E-state index in [4.69, 9.17) is 32.7 Å². The molecule has 1 N–H and O–H groups in total. The summed E-state index contributed by atoms with van der Waals surface area (Å²) in [6.45, 7) is 3.76. The lowest BCUT2D eigenvalue weighted by Crippen LogP contribution is -2.20. The van der Waals surface area contributed by atoms with E-state index in [0.29, 0.717) is 33.8 Å². The third-order valence-corrected chi connectivity index (χ3v) is 3.30. The van der Waals surface area contributed by atoms with Gasteiger partial charge in [-0.1, -0.05) is 48.0 Å². The van der Waals surface area contributed by atoms with Gasteiger partial charge in [-0.05, 0) is 30.3 Å². The third kappa shape index (κ3) is 5.20. The Kier molecular flexibility index (Phi) is 6.32. The first-order chi connectivity index (χ1) is 11.1. The first-order valence-corrected chi connectivity index (χ1v) is 7.56. The molecule has 0 aliphatic rings. The molecule has 1 amide bonds. The number of carbonyl (C=O) groups is 1. The van der Waals surface area contributed by atoms with E-state index in [0.717, 1.165) is 0 Å². The molecule has 2 rings (SSSR count). The van der Waals surface area contributed by atoms with Gasteiger partial charge in [-0.2, -0.15) is 0 Å². The van der Waals surface area contributed by atoms with Crippen molar-refractivity contribution in [1.29, 1.82) is 0 Å². The van der Waals surface area contributed by atoms with Gasteiger partial charge in [-0.25, -0.2) is 0 Å². The Labute approximate surface area is 144 Å². The van der Waals surface area contributed by atoms with Crippen molar-refractivity contribution < 1.29 is 14.3 Å². The molecule has 0 heterocycles. The highest BCUT2D eigenvalue weighted by atomic mass is 35.5. The van der Waals surface area contributed by atoms with Crippen LogP contribution in [0, 0.1) is 0 Å². The second-order valence-corrected chi connectivity index (χ2v) is 5.35. The molecule has 2 aromatic carbocycles. The summed E-state index contributed by atoms with van der Waals surface area (Å²) in [6.07, 6.45) is 1.63. The van der Waals surface area contributed by atoms with Crippen molar-refractivity contribution in [1.82, 2.24) is 0 Å². The van der Waals surface area contributed by atoms with Crippen LogP contribution >= 0.6 is 23.2 Å². The topological polar surface area (TPSA) is 47.6 Å². The van der Waals surface area contributed by atoms with E-state index >= 15 is 0 Å². The lowest BCUT2D eigenvalue weighted by Gasteiger charge is -2.12. The quantitative estimate of drug-likeness (QED) is 0.743. The highest BCUT2D eigenvalue weighted by molar-refractivity contribution is 6.35. The van der Waals surface area contributed by atoms with Crippen LogP contribution in [0.4, 0.5) is 5.69 Å². The van der Waals surface area contributed by atoms with Crippen LogP contribution in [0.2, 0.25) is 10.0 Å². The highest BCUT2D eigenvalue weighted by Crippen LogP contribution is 2.28. The Morgan fingerprint density at radius 1 is 1.13 bits per heavy atom. The van der Waals surface area contributed by atoms with Gasteiger partial charge in [0.25, 0.3) is 5.91 Å². The number of nitrogens with one attached hydrogen (secondary N) is 1. The van der Waals surface area contributed by atoms with Crippen LogP contribution in [0.1, 0.15) is 0 Å². The van der Waals surface area contributed by atoms with Crippen molar-refractivity contribution in [3.63, 3.8) is 0 Å². The number of hydrogen-bond acceptors (Lipinski definition) is 3. The molecule has 23 heavy (non-hydrogen) atoms. The molecule has 0 unspecified atom stereocenters. The summed E-state index contributed by atoms with van der Waals surface area (Å²) in [5, 5.41) is 3.58. The molecule has 0 radical (unpaired) electrons. The summed E-state index contributed by atoms with van der Waals surface area (Å²) >= 11 is 11.8. The normalized spacial score (nSPS) is 10.0. The van der Waals surface area contributed by atoms with Crippen LogP contribution in [-0.4, -0.2) is 19.1 Å². The third-order valence-electron chi connectivity index (χ3n) is 2.77. The summed E-state index contributed by atoms with van der Waals surface area (Å²) in [7, 11) is 0. The van der Waals surface area contributed by atoms with Gasteiger partial charge in [0.1, 0.15) is 18.1 Å². The van der Waals surface area contributed by atoms with Gasteiger partial charge in [0.05, 0.1) is 10.7 Å². The van der Waals surface area contributed by atoms with Crippen LogP contribution in [0.15, 0.2) is 55.1 Å². The molecule has 0 saturated carbocycles. The number of amides is 1. The Balaban J connectivity index is 1.96. The van der Waals surface area contributed by atoms with E-state index in [1.165, 1.54) is 0 Å². The minimum atomic E-state index is -0.328. The average Bonchev–Trinajstić information content (AvgIpc) is 2.53. The first-order valence-electron chi connectivity index (χ1n) is 6.80. The number of halogens is 2. The Bertz CT molecular complexity index is 704. The van der Waals surface area contributed by atoms with Gasteiger partial charge in [-0.15, -0.1) is 0 Å². The summed E-state index contributed by atoms with van der Waals surface area (Å²) < 4.78 is 10.9. The second-order valence-electron chi connectivity index (χ2n) is 4.51. The van der Waals surface area contributed by atoms with Crippen molar-refractivity contribution in [2.45, 2.75) is 0 Å². The van der Waals surface area contributed by atoms with Gasteiger partial charge in [0.2, 0.25) is 0 Å². The number of carbonyl (C=O) groups excluding carboxylic acids is 1. The summed E-state index contributed by atoms with van der Waals surface area (Å²) in [5.74, 6) is 0.623. The molecule has 0 atom stereocenters. The Hall–Kier alpha value is -2.17.